The molecule has 0 aliphatic carbocycles. The fourth-order valence-corrected chi connectivity index (χ4v) is 3.26. The number of carbonyl (C=O) groups is 1. The Morgan fingerprint density at radius 1 is 1.56 bits per heavy atom. The van der Waals surface area contributed by atoms with Gasteiger partial charge in [0, 0.05) is 11.4 Å². The standard InChI is InChI=1S/C9H8N2O5S2/c12-9(13)8-3-7(5-17-8)18(14,15)11-4-6-1-2-10-16-6/h1-3,5,11H,4H2,(H,12,13). The molecule has 0 aromatic carbocycles. The van der Waals surface area contributed by atoms with Crippen LogP contribution in [0.5, 0.6) is 0 Å². The molecule has 2 rings (SSSR count). The minimum atomic E-state index is -3.74. The third-order valence-corrected chi connectivity index (χ3v) is 4.47. The maximum absolute atomic E-state index is 11.8. The molecule has 7 nitrogen and oxygen atoms in total. The molecule has 2 aromatic rings. The summed E-state index contributed by atoms with van der Waals surface area (Å²) in [4.78, 5) is 10.5. The van der Waals surface area contributed by atoms with Crippen molar-refractivity contribution in [3.63, 3.8) is 0 Å². The van der Waals surface area contributed by atoms with Crippen LogP contribution >= 0.6 is 11.3 Å². The van der Waals surface area contributed by atoms with Gasteiger partial charge < -0.3 is 9.63 Å². The second-order valence-corrected chi connectivity index (χ2v) is 5.93. The minimum absolute atomic E-state index is 0.0324. The molecule has 0 spiro atoms. The van der Waals surface area contributed by atoms with Crippen LogP contribution in [-0.4, -0.2) is 24.7 Å². The Morgan fingerprint density at radius 3 is 2.89 bits per heavy atom. The molecule has 0 amide bonds. The normalized spacial score (nSPS) is 11.6. The van der Waals surface area contributed by atoms with Crippen molar-refractivity contribution in [2.24, 2.45) is 0 Å². The van der Waals surface area contributed by atoms with Crippen molar-refractivity contribution in [2.45, 2.75) is 11.4 Å². The zero-order valence-electron chi connectivity index (χ0n) is 8.86. The van der Waals surface area contributed by atoms with Crippen molar-refractivity contribution >= 4 is 27.3 Å². The highest BCUT2D eigenvalue weighted by atomic mass is 32.2. The largest absolute Gasteiger partial charge is 0.477 e. The number of thiophene rings is 1. The van der Waals surface area contributed by atoms with Crippen LogP contribution in [0, 0.1) is 0 Å². The van der Waals surface area contributed by atoms with Gasteiger partial charge in [-0.3, -0.25) is 0 Å². The van der Waals surface area contributed by atoms with E-state index in [1.165, 1.54) is 17.6 Å². The molecule has 2 heterocycles. The lowest BCUT2D eigenvalue weighted by Crippen LogP contribution is -2.22. The van der Waals surface area contributed by atoms with Crippen LogP contribution in [0.15, 0.2) is 33.1 Å². The Labute approximate surface area is 106 Å². The quantitative estimate of drug-likeness (QED) is 0.846. The topological polar surface area (TPSA) is 110 Å². The average molecular weight is 288 g/mol. The fraction of sp³-hybridized carbons (Fsp3) is 0.111. The number of rotatable bonds is 5. The predicted molar refractivity (Wildman–Crippen MR) is 61.8 cm³/mol. The Kier molecular flexibility index (Phi) is 3.45. The van der Waals surface area contributed by atoms with Gasteiger partial charge in [-0.05, 0) is 6.07 Å². The van der Waals surface area contributed by atoms with E-state index in [1.54, 1.807) is 0 Å². The molecular weight excluding hydrogens is 280 g/mol. The number of carboxylic acid groups (broad SMARTS) is 1. The molecule has 2 N–H and O–H groups in total. The van der Waals surface area contributed by atoms with Gasteiger partial charge in [-0.2, -0.15) is 0 Å². The molecule has 0 radical (unpaired) electrons. The molecule has 2 aromatic heterocycles. The zero-order valence-corrected chi connectivity index (χ0v) is 10.5. The molecule has 0 saturated heterocycles. The van der Waals surface area contributed by atoms with E-state index < -0.39 is 16.0 Å². The maximum atomic E-state index is 11.8. The predicted octanol–water partition coefficient (Wildman–Crippen LogP) is 0.913. The van der Waals surface area contributed by atoms with E-state index in [4.69, 9.17) is 9.63 Å². The molecule has 0 aliphatic rings. The molecular formula is C9H8N2O5S2. The van der Waals surface area contributed by atoms with Gasteiger partial charge in [0.1, 0.15) is 4.88 Å². The lowest BCUT2D eigenvalue weighted by atomic mass is 10.5. The zero-order chi connectivity index (χ0) is 13.2. The van der Waals surface area contributed by atoms with Crippen LogP contribution in [-0.2, 0) is 16.6 Å². The van der Waals surface area contributed by atoms with Gasteiger partial charge in [-0.15, -0.1) is 11.3 Å². The molecule has 0 unspecified atom stereocenters. The molecule has 0 aliphatic heterocycles. The Bertz CT molecular complexity index is 644. The van der Waals surface area contributed by atoms with E-state index in [9.17, 15) is 13.2 Å². The van der Waals surface area contributed by atoms with E-state index in [0.717, 1.165) is 17.4 Å². The van der Waals surface area contributed by atoms with Gasteiger partial charge in [-0.1, -0.05) is 5.16 Å². The molecule has 96 valence electrons. The average Bonchev–Trinajstić information content (AvgIpc) is 2.98. The van der Waals surface area contributed by atoms with Crippen molar-refractivity contribution in [3.8, 4) is 0 Å². The Hall–Kier alpha value is -1.71. The SMILES string of the molecule is O=C(O)c1cc(S(=O)(=O)NCc2ccno2)cs1. The highest BCUT2D eigenvalue weighted by Gasteiger charge is 2.18. The number of aromatic carboxylic acids is 1. The number of hydrogen-bond acceptors (Lipinski definition) is 6. The first kappa shape index (κ1) is 12.7. The van der Waals surface area contributed by atoms with Crippen LogP contribution in [0.3, 0.4) is 0 Å². The minimum Gasteiger partial charge on any atom is -0.477 e. The van der Waals surface area contributed by atoms with Crippen LogP contribution in [0.1, 0.15) is 15.4 Å². The second kappa shape index (κ2) is 4.88. The first-order chi connectivity index (χ1) is 8.49. The summed E-state index contributed by atoms with van der Waals surface area (Å²) in [5.41, 5.74) is 0. The summed E-state index contributed by atoms with van der Waals surface area (Å²) in [5, 5.41) is 13.4. The third kappa shape index (κ3) is 2.75. The number of carboxylic acids is 1. The Morgan fingerprint density at radius 2 is 2.33 bits per heavy atom. The first-order valence-electron chi connectivity index (χ1n) is 4.70. The highest BCUT2D eigenvalue weighted by Crippen LogP contribution is 2.19. The van der Waals surface area contributed by atoms with Crippen LogP contribution in [0.2, 0.25) is 0 Å². The number of sulfonamides is 1. The van der Waals surface area contributed by atoms with Crippen molar-refractivity contribution in [1.29, 1.82) is 0 Å². The van der Waals surface area contributed by atoms with Gasteiger partial charge >= 0.3 is 5.97 Å². The Balaban J connectivity index is 2.12. The summed E-state index contributed by atoms with van der Waals surface area (Å²) in [5.74, 6) is -0.788. The summed E-state index contributed by atoms with van der Waals surface area (Å²) < 4.78 is 30.6. The maximum Gasteiger partial charge on any atom is 0.345 e. The van der Waals surface area contributed by atoms with Gasteiger partial charge in [0.15, 0.2) is 5.76 Å². The van der Waals surface area contributed by atoms with Crippen molar-refractivity contribution in [3.05, 3.63) is 34.3 Å². The lowest BCUT2D eigenvalue weighted by Gasteiger charge is -2.01. The van der Waals surface area contributed by atoms with E-state index in [0.29, 0.717) is 5.76 Å². The van der Waals surface area contributed by atoms with Crippen LogP contribution < -0.4 is 4.72 Å². The first-order valence-corrected chi connectivity index (χ1v) is 7.06. The molecule has 0 fully saturated rings. The number of nitrogens with one attached hydrogen (secondary N) is 1. The van der Waals surface area contributed by atoms with Crippen molar-refractivity contribution < 1.29 is 22.8 Å². The highest BCUT2D eigenvalue weighted by molar-refractivity contribution is 7.89. The molecule has 0 bridgehead atoms. The van der Waals surface area contributed by atoms with Crippen LogP contribution in [0.4, 0.5) is 0 Å². The van der Waals surface area contributed by atoms with Crippen molar-refractivity contribution in [1.82, 2.24) is 9.88 Å². The van der Waals surface area contributed by atoms with Gasteiger partial charge in [0.25, 0.3) is 0 Å². The lowest BCUT2D eigenvalue weighted by molar-refractivity contribution is 0.0702. The van der Waals surface area contributed by atoms with E-state index >= 15 is 0 Å². The number of aromatic nitrogens is 1. The smallest absolute Gasteiger partial charge is 0.345 e. The molecule has 0 saturated carbocycles. The fourth-order valence-electron chi connectivity index (χ4n) is 1.15. The van der Waals surface area contributed by atoms with Gasteiger partial charge in [-0.25, -0.2) is 17.9 Å². The number of hydrogen-bond donors (Lipinski definition) is 2. The summed E-state index contributed by atoms with van der Waals surface area (Å²) in [7, 11) is -3.74. The van der Waals surface area contributed by atoms with E-state index in [2.05, 4.69) is 9.88 Å². The van der Waals surface area contributed by atoms with Crippen molar-refractivity contribution in [2.75, 3.05) is 0 Å². The van der Waals surface area contributed by atoms with Crippen LogP contribution in [0.25, 0.3) is 0 Å². The summed E-state index contributed by atoms with van der Waals surface area (Å²) in [6.07, 6.45) is 1.40. The molecule has 0 atom stereocenters. The van der Waals surface area contributed by atoms with Gasteiger partial charge in [0.05, 0.1) is 17.6 Å². The summed E-state index contributed by atoms with van der Waals surface area (Å²) >= 11 is 0.853. The van der Waals surface area contributed by atoms with Gasteiger partial charge in [0.2, 0.25) is 10.0 Å². The number of nitrogens with zero attached hydrogens (tertiary/aromatic N) is 1. The van der Waals surface area contributed by atoms with E-state index in [-0.39, 0.29) is 16.3 Å². The molecule has 18 heavy (non-hydrogen) atoms. The summed E-state index contributed by atoms with van der Waals surface area (Å²) in [6, 6.07) is 2.63. The summed E-state index contributed by atoms with van der Waals surface area (Å²) in [6.45, 7) is -0.0411. The van der Waals surface area contributed by atoms with E-state index in [1.807, 2.05) is 0 Å². The molecule has 9 heteroatoms. The monoisotopic (exact) mass is 288 g/mol. The third-order valence-electron chi connectivity index (χ3n) is 2.02. The second-order valence-electron chi connectivity index (χ2n) is 3.26.